The van der Waals surface area contributed by atoms with Crippen LogP contribution in [0.2, 0.25) is 0 Å². The average Bonchev–Trinajstić information content (AvgIpc) is 2.59. The molecule has 1 N–H and O–H groups in total. The summed E-state index contributed by atoms with van der Waals surface area (Å²) >= 11 is 1.56. The minimum atomic E-state index is -1.02. The van der Waals surface area contributed by atoms with E-state index < -0.39 is 5.97 Å². The van der Waals surface area contributed by atoms with Crippen molar-refractivity contribution in [1.29, 1.82) is 0 Å². The average molecular weight is 348 g/mol. The molecule has 1 aliphatic rings. The number of carboxylic acids is 1. The Balaban J connectivity index is 2.07. The predicted octanol–water partition coefficient (Wildman–Crippen LogP) is 1.64. The summed E-state index contributed by atoms with van der Waals surface area (Å²) in [6.07, 6.45) is 1.95. The van der Waals surface area contributed by atoms with E-state index in [-0.39, 0.29) is 12.1 Å². The maximum atomic E-state index is 12.8. The van der Waals surface area contributed by atoms with Crippen LogP contribution in [-0.4, -0.2) is 53.1 Å². The van der Waals surface area contributed by atoms with Crippen LogP contribution < -0.4 is 5.56 Å². The van der Waals surface area contributed by atoms with Crippen molar-refractivity contribution in [2.24, 2.45) is 0 Å². The molecule has 0 spiro atoms. The van der Waals surface area contributed by atoms with Crippen LogP contribution in [0.5, 0.6) is 0 Å². The lowest BCUT2D eigenvalue weighted by Gasteiger charge is -2.26. The topological polar surface area (TPSA) is 71.8 Å². The largest absolute Gasteiger partial charge is 0.480 e. The lowest BCUT2D eigenvalue weighted by molar-refractivity contribution is -0.137. The second-order valence-corrected chi connectivity index (χ2v) is 6.65. The first kappa shape index (κ1) is 17.0. The van der Waals surface area contributed by atoms with E-state index in [9.17, 15) is 14.7 Å². The molecule has 0 unspecified atom stereocenters. The van der Waals surface area contributed by atoms with E-state index in [1.807, 2.05) is 30.5 Å². The van der Waals surface area contributed by atoms with Crippen LogP contribution in [0.15, 0.2) is 34.0 Å². The Morgan fingerprint density at radius 3 is 2.71 bits per heavy atom. The van der Waals surface area contributed by atoms with Crippen LogP contribution in [0.4, 0.5) is 0 Å². The summed E-state index contributed by atoms with van der Waals surface area (Å²) in [5, 5.41) is 10.1. The molecule has 7 heteroatoms. The van der Waals surface area contributed by atoms with Crippen molar-refractivity contribution in [3.05, 3.63) is 40.2 Å². The SMILES string of the molecule is CSc1ccc2cc(CN3CCOCC3)c(=O)n(CC(=O)O)c2c1. The van der Waals surface area contributed by atoms with Gasteiger partial charge in [0.15, 0.2) is 0 Å². The van der Waals surface area contributed by atoms with Crippen molar-refractivity contribution in [2.45, 2.75) is 18.0 Å². The van der Waals surface area contributed by atoms with E-state index in [1.165, 1.54) is 4.57 Å². The zero-order valence-electron chi connectivity index (χ0n) is 13.5. The Hall–Kier alpha value is -1.83. The molecule has 24 heavy (non-hydrogen) atoms. The molecule has 128 valence electrons. The third kappa shape index (κ3) is 3.63. The molecule has 0 amide bonds. The van der Waals surface area contributed by atoms with Crippen molar-refractivity contribution >= 4 is 28.6 Å². The minimum absolute atomic E-state index is 0.227. The van der Waals surface area contributed by atoms with Crippen LogP contribution in [0.3, 0.4) is 0 Å². The molecule has 0 atom stereocenters. The van der Waals surface area contributed by atoms with E-state index in [1.54, 1.807) is 11.8 Å². The van der Waals surface area contributed by atoms with E-state index in [4.69, 9.17) is 4.74 Å². The number of carbonyl (C=O) groups is 1. The van der Waals surface area contributed by atoms with Crippen LogP contribution in [0, 0.1) is 0 Å². The van der Waals surface area contributed by atoms with E-state index in [0.717, 1.165) is 23.4 Å². The number of aromatic nitrogens is 1. The number of thioether (sulfide) groups is 1. The maximum absolute atomic E-state index is 12.8. The van der Waals surface area contributed by atoms with Gasteiger partial charge in [-0.3, -0.25) is 19.1 Å². The zero-order valence-corrected chi connectivity index (χ0v) is 14.3. The van der Waals surface area contributed by atoms with Gasteiger partial charge in [-0.25, -0.2) is 0 Å². The first-order chi connectivity index (χ1) is 11.6. The molecule has 0 bridgehead atoms. The van der Waals surface area contributed by atoms with Gasteiger partial charge in [0.1, 0.15) is 6.54 Å². The standard InChI is InChI=1S/C17H20N2O4S/c1-24-14-3-2-12-8-13(10-18-4-6-23-7-5-18)17(22)19(11-16(20)21)15(12)9-14/h2-3,8-9H,4-7,10-11H2,1H3,(H,20,21). The van der Waals surface area contributed by atoms with E-state index in [0.29, 0.717) is 30.8 Å². The normalized spacial score (nSPS) is 15.7. The quantitative estimate of drug-likeness (QED) is 0.829. The van der Waals surface area contributed by atoms with Crippen LogP contribution in [-0.2, 0) is 22.6 Å². The van der Waals surface area contributed by atoms with Gasteiger partial charge < -0.3 is 9.84 Å². The van der Waals surface area contributed by atoms with Crippen molar-refractivity contribution in [1.82, 2.24) is 9.47 Å². The fourth-order valence-electron chi connectivity index (χ4n) is 2.94. The van der Waals surface area contributed by atoms with Gasteiger partial charge in [0, 0.05) is 30.1 Å². The Kier molecular flexibility index (Phi) is 5.23. The number of ether oxygens (including phenoxy) is 1. The number of nitrogens with zero attached hydrogens (tertiary/aromatic N) is 2. The van der Waals surface area contributed by atoms with Gasteiger partial charge in [-0.2, -0.15) is 0 Å². The molecule has 2 heterocycles. The number of fused-ring (bicyclic) bond motifs is 1. The predicted molar refractivity (Wildman–Crippen MR) is 93.7 cm³/mol. The van der Waals surface area contributed by atoms with Crippen molar-refractivity contribution in [3.8, 4) is 0 Å². The molecule has 1 fully saturated rings. The smallest absolute Gasteiger partial charge is 0.323 e. The van der Waals surface area contributed by atoms with Crippen LogP contribution in [0.1, 0.15) is 5.56 Å². The summed E-state index contributed by atoms with van der Waals surface area (Å²) in [6.45, 7) is 3.07. The number of carboxylic acid groups (broad SMARTS) is 1. The Morgan fingerprint density at radius 2 is 2.04 bits per heavy atom. The molecule has 3 rings (SSSR count). The summed E-state index contributed by atoms with van der Waals surface area (Å²) in [4.78, 5) is 27.2. The molecule has 6 nitrogen and oxygen atoms in total. The van der Waals surface area contributed by atoms with E-state index >= 15 is 0 Å². The van der Waals surface area contributed by atoms with Crippen molar-refractivity contribution in [3.63, 3.8) is 0 Å². The van der Waals surface area contributed by atoms with Gasteiger partial charge in [-0.1, -0.05) is 6.07 Å². The number of pyridine rings is 1. The Bertz CT molecular complexity index is 812. The van der Waals surface area contributed by atoms with Crippen molar-refractivity contribution < 1.29 is 14.6 Å². The Morgan fingerprint density at radius 1 is 1.29 bits per heavy atom. The number of morpholine rings is 1. The molecule has 1 aromatic carbocycles. The van der Waals surface area contributed by atoms with Crippen LogP contribution >= 0.6 is 11.8 Å². The molecular formula is C17H20N2O4S. The molecule has 0 saturated carbocycles. The number of hydrogen-bond acceptors (Lipinski definition) is 5. The molecule has 1 aliphatic heterocycles. The summed E-state index contributed by atoms with van der Waals surface area (Å²) < 4.78 is 6.70. The Labute approximate surface area is 144 Å². The molecule has 1 saturated heterocycles. The highest BCUT2D eigenvalue weighted by atomic mass is 32.2. The van der Waals surface area contributed by atoms with Gasteiger partial charge in [0.25, 0.3) is 5.56 Å². The third-order valence-electron chi connectivity index (χ3n) is 4.17. The van der Waals surface area contributed by atoms with Gasteiger partial charge in [0.2, 0.25) is 0 Å². The molecule has 0 radical (unpaired) electrons. The number of benzene rings is 1. The maximum Gasteiger partial charge on any atom is 0.323 e. The molecule has 1 aromatic heterocycles. The monoisotopic (exact) mass is 348 g/mol. The lowest BCUT2D eigenvalue weighted by atomic mass is 10.1. The highest BCUT2D eigenvalue weighted by Crippen LogP contribution is 2.22. The van der Waals surface area contributed by atoms with Crippen LogP contribution in [0.25, 0.3) is 10.9 Å². The minimum Gasteiger partial charge on any atom is -0.480 e. The fraction of sp³-hybridized carbons (Fsp3) is 0.412. The second kappa shape index (κ2) is 7.38. The first-order valence-electron chi connectivity index (χ1n) is 7.81. The van der Waals surface area contributed by atoms with Gasteiger partial charge >= 0.3 is 5.97 Å². The number of aliphatic carboxylic acids is 1. The molecular weight excluding hydrogens is 328 g/mol. The summed E-state index contributed by atoms with van der Waals surface area (Å²) in [5.41, 5.74) is 1.07. The number of rotatable bonds is 5. The van der Waals surface area contributed by atoms with Gasteiger partial charge in [-0.05, 0) is 29.8 Å². The van der Waals surface area contributed by atoms with E-state index in [2.05, 4.69) is 4.90 Å². The first-order valence-corrected chi connectivity index (χ1v) is 9.03. The number of hydrogen-bond donors (Lipinski definition) is 1. The fourth-order valence-corrected chi connectivity index (χ4v) is 3.38. The zero-order chi connectivity index (χ0) is 17.1. The van der Waals surface area contributed by atoms with Gasteiger partial charge in [0.05, 0.1) is 18.7 Å². The molecule has 2 aromatic rings. The molecule has 0 aliphatic carbocycles. The summed E-state index contributed by atoms with van der Waals surface area (Å²) in [5.74, 6) is -1.02. The lowest BCUT2D eigenvalue weighted by Crippen LogP contribution is -2.38. The summed E-state index contributed by atoms with van der Waals surface area (Å²) in [7, 11) is 0. The third-order valence-corrected chi connectivity index (χ3v) is 4.89. The highest BCUT2D eigenvalue weighted by Gasteiger charge is 2.16. The highest BCUT2D eigenvalue weighted by molar-refractivity contribution is 7.98. The summed E-state index contributed by atoms with van der Waals surface area (Å²) in [6, 6.07) is 7.70. The second-order valence-electron chi connectivity index (χ2n) is 5.77. The van der Waals surface area contributed by atoms with Crippen molar-refractivity contribution in [2.75, 3.05) is 32.6 Å². The van der Waals surface area contributed by atoms with Gasteiger partial charge in [-0.15, -0.1) is 11.8 Å².